The molecule has 6 heteroatoms. The van der Waals surface area contributed by atoms with Gasteiger partial charge in [0.05, 0.1) is 12.1 Å². The van der Waals surface area contributed by atoms with Gasteiger partial charge in [-0.25, -0.2) is 0 Å². The molecule has 1 aliphatic rings. The Kier molecular flexibility index (Phi) is 9.11. The molecule has 1 heterocycles. The molecule has 0 saturated carbocycles. The van der Waals surface area contributed by atoms with Gasteiger partial charge in [-0.15, -0.1) is 0 Å². The molecule has 0 aliphatic carbocycles. The molecule has 1 aliphatic heterocycles. The Morgan fingerprint density at radius 2 is 1.69 bits per heavy atom. The third-order valence-electron chi connectivity index (χ3n) is 6.88. The maximum absolute atomic E-state index is 13.2. The number of nitrogens with one attached hydrogen (secondary N) is 3. The molecule has 0 spiro atoms. The quantitative estimate of drug-likeness (QED) is 0.353. The molecule has 4 rings (SSSR count). The highest BCUT2D eigenvalue weighted by Crippen LogP contribution is 2.18. The monoisotopic (exact) mass is 486 g/mol. The van der Waals surface area contributed by atoms with E-state index in [1.165, 1.54) is 0 Å². The lowest BCUT2D eigenvalue weighted by Gasteiger charge is -2.33. The van der Waals surface area contributed by atoms with Crippen molar-refractivity contribution in [3.05, 3.63) is 102 Å². The minimum atomic E-state index is -0.748. The predicted octanol–water partition coefficient (Wildman–Crippen LogP) is 3.54. The van der Waals surface area contributed by atoms with Crippen molar-refractivity contribution in [3.63, 3.8) is 0 Å². The zero-order valence-corrected chi connectivity index (χ0v) is 21.2. The Labute approximate surface area is 214 Å². The summed E-state index contributed by atoms with van der Waals surface area (Å²) in [6, 6.07) is 28.0. The van der Waals surface area contributed by atoms with Gasteiger partial charge in [-0.1, -0.05) is 60.7 Å². The van der Waals surface area contributed by atoms with Crippen LogP contribution in [0.25, 0.3) is 0 Å². The first-order chi connectivity index (χ1) is 17.5. The van der Waals surface area contributed by atoms with E-state index >= 15 is 0 Å². The van der Waals surface area contributed by atoms with Crippen LogP contribution < -0.4 is 20.9 Å². The van der Waals surface area contributed by atoms with Gasteiger partial charge in [-0.2, -0.15) is 0 Å². The summed E-state index contributed by atoms with van der Waals surface area (Å²) in [5.41, 5.74) is 3.95. The molecule has 3 aromatic rings. The van der Waals surface area contributed by atoms with Gasteiger partial charge in [0, 0.05) is 49.5 Å². The molecule has 36 heavy (non-hydrogen) atoms. The van der Waals surface area contributed by atoms with E-state index in [9.17, 15) is 9.90 Å². The van der Waals surface area contributed by atoms with Gasteiger partial charge in [0.15, 0.2) is 0 Å². The number of piperazine rings is 1. The average Bonchev–Trinajstić information content (AvgIpc) is 2.92. The third kappa shape index (κ3) is 7.17. The lowest BCUT2D eigenvalue weighted by Crippen LogP contribution is -2.49. The van der Waals surface area contributed by atoms with Gasteiger partial charge in [0.1, 0.15) is 0 Å². The van der Waals surface area contributed by atoms with Crippen LogP contribution in [0.3, 0.4) is 0 Å². The fourth-order valence-electron chi connectivity index (χ4n) is 4.69. The van der Waals surface area contributed by atoms with Crippen LogP contribution in [-0.4, -0.2) is 55.4 Å². The van der Waals surface area contributed by atoms with E-state index in [0.717, 1.165) is 36.4 Å². The largest absolute Gasteiger partial charge is 0.390 e. The molecule has 190 valence electrons. The Balaban J connectivity index is 1.41. The summed E-state index contributed by atoms with van der Waals surface area (Å²) in [7, 11) is 0. The molecule has 6 nitrogen and oxygen atoms in total. The van der Waals surface area contributed by atoms with Crippen LogP contribution in [0.15, 0.2) is 84.9 Å². The summed E-state index contributed by atoms with van der Waals surface area (Å²) in [5, 5.41) is 21.1. The van der Waals surface area contributed by atoms with Gasteiger partial charge in [-0.3, -0.25) is 4.79 Å². The van der Waals surface area contributed by atoms with Crippen molar-refractivity contribution in [1.82, 2.24) is 16.0 Å². The predicted molar refractivity (Wildman–Crippen MR) is 146 cm³/mol. The number of carbonyl (C=O) groups is 1. The van der Waals surface area contributed by atoms with Crippen LogP contribution >= 0.6 is 0 Å². The number of aliphatic hydroxyl groups excluding tert-OH is 1. The Bertz CT molecular complexity index is 1080. The number of nitrogens with zero attached hydrogens (tertiary/aromatic N) is 1. The molecule has 1 fully saturated rings. The summed E-state index contributed by atoms with van der Waals surface area (Å²) >= 11 is 0. The topological polar surface area (TPSA) is 76.6 Å². The summed E-state index contributed by atoms with van der Waals surface area (Å²) in [4.78, 5) is 15.5. The number of hydrogen-bond acceptors (Lipinski definition) is 5. The molecule has 1 unspecified atom stereocenters. The van der Waals surface area contributed by atoms with Crippen LogP contribution in [-0.2, 0) is 6.42 Å². The average molecular weight is 487 g/mol. The molecule has 1 saturated heterocycles. The van der Waals surface area contributed by atoms with Gasteiger partial charge in [-0.05, 0) is 55.7 Å². The second-order valence-electron chi connectivity index (χ2n) is 9.73. The van der Waals surface area contributed by atoms with E-state index < -0.39 is 12.1 Å². The number of rotatable bonds is 10. The van der Waals surface area contributed by atoms with Crippen molar-refractivity contribution >= 4 is 11.6 Å². The molecule has 4 N–H and O–H groups in total. The number of anilines is 1. The van der Waals surface area contributed by atoms with E-state index in [0.29, 0.717) is 24.6 Å². The van der Waals surface area contributed by atoms with Crippen molar-refractivity contribution in [3.8, 4) is 0 Å². The molecule has 0 bridgehead atoms. The molecular weight excluding hydrogens is 448 g/mol. The fourth-order valence-corrected chi connectivity index (χ4v) is 4.69. The molecule has 0 radical (unpaired) electrons. The van der Waals surface area contributed by atoms with Crippen molar-refractivity contribution in [2.75, 3.05) is 31.1 Å². The SMILES string of the molecule is CC1CN(c2ccc(C(=O)N[C@@H](Cc3ccccc3)[C@H](O)CN[C@H](C)c3ccccc3)cc2)CCN1. The lowest BCUT2D eigenvalue weighted by molar-refractivity contribution is 0.0826. The smallest absolute Gasteiger partial charge is 0.251 e. The number of benzene rings is 3. The van der Waals surface area contributed by atoms with Gasteiger partial charge in [0.2, 0.25) is 0 Å². The van der Waals surface area contributed by atoms with Crippen molar-refractivity contribution in [2.24, 2.45) is 0 Å². The first-order valence-electron chi connectivity index (χ1n) is 12.9. The van der Waals surface area contributed by atoms with E-state index in [2.05, 4.69) is 46.8 Å². The maximum atomic E-state index is 13.2. The molecule has 0 aromatic heterocycles. The zero-order valence-electron chi connectivity index (χ0n) is 21.2. The van der Waals surface area contributed by atoms with Crippen LogP contribution in [0, 0.1) is 0 Å². The van der Waals surface area contributed by atoms with Crippen molar-refractivity contribution < 1.29 is 9.90 Å². The summed E-state index contributed by atoms with van der Waals surface area (Å²) in [6.07, 6.45) is -0.201. The zero-order chi connectivity index (χ0) is 25.3. The van der Waals surface area contributed by atoms with E-state index in [1.807, 2.05) is 72.8 Å². The highest BCUT2D eigenvalue weighted by molar-refractivity contribution is 5.94. The van der Waals surface area contributed by atoms with E-state index in [1.54, 1.807) is 0 Å². The second kappa shape index (κ2) is 12.7. The highest BCUT2D eigenvalue weighted by Gasteiger charge is 2.23. The van der Waals surface area contributed by atoms with E-state index in [4.69, 9.17) is 0 Å². The first kappa shape index (κ1) is 25.9. The Morgan fingerprint density at radius 3 is 2.36 bits per heavy atom. The molecule has 1 amide bonds. The number of amides is 1. The molecule has 3 aromatic carbocycles. The van der Waals surface area contributed by atoms with E-state index in [-0.39, 0.29) is 11.9 Å². The number of hydrogen-bond donors (Lipinski definition) is 4. The van der Waals surface area contributed by atoms with Crippen LogP contribution in [0.2, 0.25) is 0 Å². The molecular formula is C30H38N4O2. The van der Waals surface area contributed by atoms with Gasteiger partial charge in [0.25, 0.3) is 5.91 Å². The minimum absolute atomic E-state index is 0.0918. The van der Waals surface area contributed by atoms with Crippen molar-refractivity contribution in [1.29, 1.82) is 0 Å². The van der Waals surface area contributed by atoms with Gasteiger partial charge < -0.3 is 26.0 Å². The first-order valence-corrected chi connectivity index (χ1v) is 12.9. The second-order valence-corrected chi connectivity index (χ2v) is 9.73. The standard InChI is InChI=1S/C30H38N4O2/c1-22-21-34(18-17-31-22)27-15-13-26(14-16-27)30(36)33-28(19-24-9-5-3-6-10-24)29(35)20-32-23(2)25-11-7-4-8-12-25/h3-16,22-23,28-29,31-32,35H,17-21H2,1-2H3,(H,33,36)/t22?,23-,28+,29-/m1/s1. The summed E-state index contributed by atoms with van der Waals surface area (Å²) < 4.78 is 0. The van der Waals surface area contributed by atoms with Crippen molar-refractivity contribution in [2.45, 2.75) is 44.5 Å². The maximum Gasteiger partial charge on any atom is 0.251 e. The molecule has 4 atom stereocenters. The van der Waals surface area contributed by atoms with Crippen LogP contribution in [0.4, 0.5) is 5.69 Å². The van der Waals surface area contributed by atoms with Gasteiger partial charge >= 0.3 is 0 Å². The van der Waals surface area contributed by atoms with Crippen LogP contribution in [0.5, 0.6) is 0 Å². The normalized spacial score (nSPS) is 18.3. The van der Waals surface area contributed by atoms with Crippen LogP contribution in [0.1, 0.15) is 41.4 Å². The summed E-state index contributed by atoms with van der Waals surface area (Å²) in [5.74, 6) is -0.175. The minimum Gasteiger partial charge on any atom is -0.390 e. The lowest BCUT2D eigenvalue weighted by atomic mass is 9.99. The Morgan fingerprint density at radius 1 is 1.03 bits per heavy atom. The highest BCUT2D eigenvalue weighted by atomic mass is 16.3. The number of carbonyl (C=O) groups excluding carboxylic acids is 1. The fraction of sp³-hybridized carbons (Fsp3) is 0.367. The number of aliphatic hydroxyl groups is 1. The third-order valence-corrected chi connectivity index (χ3v) is 6.88. The summed E-state index contributed by atoms with van der Waals surface area (Å²) in [6.45, 7) is 7.49. The Hall–Kier alpha value is -3.19.